The smallest absolute Gasteiger partial charge is 0.245 e. The molecule has 3 fully saturated rings. The average molecular weight is 522 g/mol. The minimum Gasteiger partial charge on any atom is -0.351 e. The van der Waals surface area contributed by atoms with E-state index in [-0.39, 0.29) is 23.3 Å². The van der Waals surface area contributed by atoms with Crippen LogP contribution in [-0.4, -0.2) is 80.9 Å². The molecule has 0 bridgehead atoms. The van der Waals surface area contributed by atoms with E-state index >= 15 is 0 Å². The second-order valence-electron chi connectivity index (χ2n) is 10.8. The molecule has 0 radical (unpaired) electrons. The Kier molecular flexibility index (Phi) is 5.78. The third-order valence-electron chi connectivity index (χ3n) is 8.54. The van der Waals surface area contributed by atoms with Gasteiger partial charge in [-0.15, -0.1) is 0 Å². The molecule has 194 valence electrons. The lowest BCUT2D eigenvalue weighted by atomic mass is 9.78. The predicted molar refractivity (Wildman–Crippen MR) is 144 cm³/mol. The molecule has 6 rings (SSSR count). The van der Waals surface area contributed by atoms with Crippen LogP contribution in [0.5, 0.6) is 0 Å². The Morgan fingerprint density at radius 1 is 1.16 bits per heavy atom. The van der Waals surface area contributed by atoms with Gasteiger partial charge in [-0.2, -0.15) is 10.2 Å². The second-order valence-corrected chi connectivity index (χ2v) is 11.2. The van der Waals surface area contributed by atoms with Gasteiger partial charge in [-0.25, -0.2) is 0 Å². The molecule has 3 aromatic rings. The molecule has 1 N–H and O–H groups in total. The number of amides is 2. The van der Waals surface area contributed by atoms with Crippen molar-refractivity contribution >= 4 is 40.1 Å². The lowest BCUT2D eigenvalue weighted by Gasteiger charge is -2.48. The van der Waals surface area contributed by atoms with Crippen LogP contribution in [0.15, 0.2) is 31.0 Å². The fourth-order valence-electron chi connectivity index (χ4n) is 6.57. The molecule has 3 aliphatic rings. The zero-order chi connectivity index (χ0) is 25.9. The molecular formula is C27H32ClN7O2. The van der Waals surface area contributed by atoms with Gasteiger partial charge in [-0.05, 0) is 44.4 Å². The van der Waals surface area contributed by atoms with Gasteiger partial charge in [0.25, 0.3) is 0 Å². The summed E-state index contributed by atoms with van der Waals surface area (Å²) in [4.78, 5) is 30.0. The topological polar surface area (TPSA) is 90.4 Å². The Labute approximate surface area is 221 Å². The highest BCUT2D eigenvalue weighted by Crippen LogP contribution is 2.51. The van der Waals surface area contributed by atoms with Crippen LogP contribution in [-0.2, 0) is 9.59 Å². The summed E-state index contributed by atoms with van der Waals surface area (Å²) in [5.74, 6) is 1.03. The van der Waals surface area contributed by atoms with Gasteiger partial charge in [0.1, 0.15) is 0 Å². The highest BCUT2D eigenvalue weighted by molar-refractivity contribution is 6.35. The summed E-state index contributed by atoms with van der Waals surface area (Å²) in [6.07, 6.45) is 6.34. The number of aromatic nitrogens is 4. The number of carbonyl (C=O) groups is 2. The van der Waals surface area contributed by atoms with Crippen LogP contribution >= 0.6 is 11.6 Å². The zero-order valence-electron chi connectivity index (χ0n) is 21.3. The maximum Gasteiger partial charge on any atom is 0.245 e. The Hall–Kier alpha value is -3.33. The highest BCUT2D eigenvalue weighted by atomic mass is 35.5. The van der Waals surface area contributed by atoms with E-state index in [0.717, 1.165) is 79.0 Å². The van der Waals surface area contributed by atoms with Crippen LogP contribution in [0.1, 0.15) is 37.9 Å². The number of H-pyrrole nitrogens is 1. The molecular weight excluding hydrogens is 490 g/mol. The fraction of sp³-hybridized carbons (Fsp3) is 0.481. The van der Waals surface area contributed by atoms with Crippen molar-refractivity contribution in [3.63, 3.8) is 0 Å². The summed E-state index contributed by atoms with van der Waals surface area (Å²) >= 11 is 6.85. The zero-order valence-corrected chi connectivity index (χ0v) is 22.1. The molecule has 1 aromatic carbocycles. The van der Waals surface area contributed by atoms with Crippen LogP contribution in [0, 0.1) is 12.3 Å². The van der Waals surface area contributed by atoms with Crippen molar-refractivity contribution < 1.29 is 9.59 Å². The van der Waals surface area contributed by atoms with E-state index in [1.165, 1.54) is 6.08 Å². The van der Waals surface area contributed by atoms with Gasteiger partial charge in [0, 0.05) is 78.8 Å². The summed E-state index contributed by atoms with van der Waals surface area (Å²) in [6.45, 7) is 11.7. The number of carbonyl (C=O) groups excluding carboxylic acids is 2. The number of aromatic amines is 1. The van der Waals surface area contributed by atoms with E-state index in [1.54, 1.807) is 6.92 Å². The van der Waals surface area contributed by atoms with Crippen molar-refractivity contribution in [3.8, 4) is 11.1 Å². The molecule has 2 saturated heterocycles. The molecule has 37 heavy (non-hydrogen) atoms. The number of hydrogen-bond acceptors (Lipinski definition) is 5. The van der Waals surface area contributed by atoms with Gasteiger partial charge in [-0.1, -0.05) is 18.2 Å². The van der Waals surface area contributed by atoms with Crippen molar-refractivity contribution in [1.82, 2.24) is 29.8 Å². The number of nitrogens with one attached hydrogen (secondary N) is 1. The van der Waals surface area contributed by atoms with E-state index < -0.39 is 0 Å². The van der Waals surface area contributed by atoms with E-state index in [1.807, 2.05) is 28.1 Å². The molecule has 4 heterocycles. The number of halogens is 1. The highest BCUT2D eigenvalue weighted by Gasteiger charge is 2.50. The summed E-state index contributed by atoms with van der Waals surface area (Å²) in [5.41, 5.74) is 4.16. The van der Waals surface area contributed by atoms with Gasteiger partial charge in [-0.3, -0.25) is 19.4 Å². The molecule has 9 nitrogen and oxygen atoms in total. The minimum atomic E-state index is 0.0152. The number of benzene rings is 1. The average Bonchev–Trinajstić information content (AvgIpc) is 3.60. The molecule has 2 amide bonds. The van der Waals surface area contributed by atoms with Gasteiger partial charge in [0.15, 0.2) is 5.82 Å². The third kappa shape index (κ3) is 3.91. The number of likely N-dealkylation sites (tertiary alicyclic amines) is 1. The number of rotatable bonds is 4. The standard InChI is InChI=1S/C27H32ClN7O2/c1-4-23(37)34-15-27(16-34)8-7-19(13-27)35-17(2)24(25-20-14-29-30-22(20)6-5-21(25)28)26(31-35)33-11-9-32(10-12-33)18(3)36/h4-6,14,19H,1,7-13,15-16H2,2-3H3,(H,29,30)/t19-/m1/s1. The largest absolute Gasteiger partial charge is 0.351 e. The molecule has 1 saturated carbocycles. The first-order chi connectivity index (χ1) is 17.8. The Bertz CT molecular complexity index is 1400. The monoisotopic (exact) mass is 521 g/mol. The lowest BCUT2D eigenvalue weighted by molar-refractivity contribution is -0.137. The summed E-state index contributed by atoms with van der Waals surface area (Å²) in [7, 11) is 0. The van der Waals surface area contributed by atoms with E-state index in [9.17, 15) is 9.59 Å². The normalized spacial score (nSPS) is 21.1. The summed E-state index contributed by atoms with van der Waals surface area (Å²) in [5, 5.41) is 14.2. The number of anilines is 1. The molecule has 2 aromatic heterocycles. The first-order valence-electron chi connectivity index (χ1n) is 12.9. The van der Waals surface area contributed by atoms with Crippen molar-refractivity contribution in [2.75, 3.05) is 44.2 Å². The first kappa shape index (κ1) is 24.0. The third-order valence-corrected chi connectivity index (χ3v) is 8.86. The van der Waals surface area contributed by atoms with Crippen LogP contribution in [0.3, 0.4) is 0 Å². The van der Waals surface area contributed by atoms with Crippen molar-refractivity contribution in [1.29, 1.82) is 0 Å². The molecule has 1 atom stereocenters. The molecule has 1 aliphatic carbocycles. The molecule has 0 unspecified atom stereocenters. The number of hydrogen-bond donors (Lipinski definition) is 1. The van der Waals surface area contributed by atoms with Crippen LogP contribution in [0.2, 0.25) is 5.02 Å². The van der Waals surface area contributed by atoms with E-state index in [4.69, 9.17) is 16.7 Å². The number of nitrogens with zero attached hydrogens (tertiary/aromatic N) is 6. The SMILES string of the molecule is C=CC(=O)N1CC2(CC[C@@H](n3nc(N4CCN(C(C)=O)CC4)c(-c4c(Cl)ccc5[nH]ncc45)c3C)C2)C1. The maximum absolute atomic E-state index is 12.0. The van der Waals surface area contributed by atoms with Gasteiger partial charge in [0.05, 0.1) is 17.8 Å². The van der Waals surface area contributed by atoms with E-state index in [2.05, 4.69) is 33.3 Å². The van der Waals surface area contributed by atoms with Crippen LogP contribution in [0.4, 0.5) is 5.82 Å². The fourth-order valence-corrected chi connectivity index (χ4v) is 6.83. The first-order valence-corrected chi connectivity index (χ1v) is 13.3. The second kappa shape index (κ2) is 8.90. The Morgan fingerprint density at radius 2 is 1.92 bits per heavy atom. The van der Waals surface area contributed by atoms with Crippen molar-refractivity contribution in [2.45, 2.75) is 39.2 Å². The van der Waals surface area contributed by atoms with E-state index in [0.29, 0.717) is 18.1 Å². The Morgan fingerprint density at radius 3 is 2.62 bits per heavy atom. The predicted octanol–water partition coefficient (Wildman–Crippen LogP) is 3.80. The summed E-state index contributed by atoms with van der Waals surface area (Å²) < 4.78 is 2.20. The number of fused-ring (bicyclic) bond motifs is 1. The van der Waals surface area contributed by atoms with Gasteiger partial charge < -0.3 is 14.7 Å². The molecule has 2 aliphatic heterocycles. The summed E-state index contributed by atoms with van der Waals surface area (Å²) in [6, 6.07) is 4.12. The van der Waals surface area contributed by atoms with Crippen LogP contribution in [0.25, 0.3) is 22.0 Å². The van der Waals surface area contributed by atoms with Crippen molar-refractivity contribution in [2.24, 2.45) is 5.41 Å². The van der Waals surface area contributed by atoms with Crippen molar-refractivity contribution in [3.05, 3.63) is 41.7 Å². The lowest BCUT2D eigenvalue weighted by Crippen LogP contribution is -2.56. The molecule has 10 heteroatoms. The maximum atomic E-state index is 12.0. The minimum absolute atomic E-state index is 0.0152. The quantitative estimate of drug-likeness (QED) is 0.527. The Balaban J connectivity index is 1.38. The van der Waals surface area contributed by atoms with Gasteiger partial charge >= 0.3 is 0 Å². The number of piperazine rings is 1. The van der Waals surface area contributed by atoms with Crippen LogP contribution < -0.4 is 4.90 Å². The molecule has 1 spiro atoms. The van der Waals surface area contributed by atoms with Gasteiger partial charge in [0.2, 0.25) is 11.8 Å².